The topological polar surface area (TPSA) is 39.5 Å². The van der Waals surface area contributed by atoms with Crippen LogP contribution in [0, 0.1) is 11.3 Å². The SMILES string of the molecule is COc1cc(CN(C)C2CCCN(C)C2)ccc1C#N. The Kier molecular flexibility index (Phi) is 4.99. The van der Waals surface area contributed by atoms with E-state index in [1.165, 1.54) is 24.9 Å². The molecular weight excluding hydrogens is 250 g/mol. The van der Waals surface area contributed by atoms with Crippen LogP contribution in [0.5, 0.6) is 5.75 Å². The van der Waals surface area contributed by atoms with E-state index >= 15 is 0 Å². The summed E-state index contributed by atoms with van der Waals surface area (Å²) in [6.45, 7) is 3.22. The average molecular weight is 273 g/mol. The molecule has 4 nitrogen and oxygen atoms in total. The number of piperidine rings is 1. The van der Waals surface area contributed by atoms with Crippen LogP contribution in [0.15, 0.2) is 18.2 Å². The number of ether oxygens (including phenoxy) is 1. The first-order valence-electron chi connectivity index (χ1n) is 7.10. The predicted octanol–water partition coefficient (Wildman–Crippen LogP) is 2.09. The number of methoxy groups -OCH3 is 1. The number of hydrogen-bond donors (Lipinski definition) is 0. The Morgan fingerprint density at radius 2 is 2.30 bits per heavy atom. The van der Waals surface area contributed by atoms with E-state index in [4.69, 9.17) is 10.00 Å². The molecule has 1 aliphatic rings. The summed E-state index contributed by atoms with van der Waals surface area (Å²) >= 11 is 0. The van der Waals surface area contributed by atoms with Gasteiger partial charge in [0.2, 0.25) is 0 Å². The normalized spacial score (nSPS) is 19.9. The van der Waals surface area contributed by atoms with Gasteiger partial charge in [-0.1, -0.05) is 6.07 Å². The van der Waals surface area contributed by atoms with Crippen LogP contribution in [0.2, 0.25) is 0 Å². The molecule has 1 aromatic rings. The van der Waals surface area contributed by atoms with Crippen molar-refractivity contribution in [2.24, 2.45) is 0 Å². The second kappa shape index (κ2) is 6.74. The number of hydrogen-bond acceptors (Lipinski definition) is 4. The third-order valence-corrected chi connectivity index (χ3v) is 4.04. The predicted molar refractivity (Wildman–Crippen MR) is 79.7 cm³/mol. The molecular formula is C16H23N3O. The lowest BCUT2D eigenvalue weighted by Gasteiger charge is -2.36. The van der Waals surface area contributed by atoms with Crippen LogP contribution < -0.4 is 4.74 Å². The molecule has 0 aromatic heterocycles. The van der Waals surface area contributed by atoms with E-state index in [0.29, 0.717) is 17.4 Å². The van der Waals surface area contributed by atoms with Gasteiger partial charge < -0.3 is 9.64 Å². The molecule has 1 saturated heterocycles. The van der Waals surface area contributed by atoms with Crippen molar-refractivity contribution in [2.45, 2.75) is 25.4 Å². The minimum Gasteiger partial charge on any atom is -0.495 e. The number of nitrogens with zero attached hydrogens (tertiary/aromatic N) is 3. The van der Waals surface area contributed by atoms with Gasteiger partial charge >= 0.3 is 0 Å². The van der Waals surface area contributed by atoms with Crippen LogP contribution in [0.1, 0.15) is 24.0 Å². The third kappa shape index (κ3) is 3.50. The van der Waals surface area contributed by atoms with Crippen LogP contribution in [0.4, 0.5) is 0 Å². The average Bonchev–Trinajstić information content (AvgIpc) is 2.47. The number of rotatable bonds is 4. The fourth-order valence-electron chi connectivity index (χ4n) is 2.84. The fourth-order valence-corrected chi connectivity index (χ4v) is 2.84. The molecule has 1 atom stereocenters. The minimum atomic E-state index is 0.594. The monoisotopic (exact) mass is 273 g/mol. The van der Waals surface area contributed by atoms with Crippen molar-refractivity contribution in [3.8, 4) is 11.8 Å². The Bertz CT molecular complexity index is 495. The highest BCUT2D eigenvalue weighted by Crippen LogP contribution is 2.21. The molecule has 108 valence electrons. The van der Waals surface area contributed by atoms with Crippen LogP contribution >= 0.6 is 0 Å². The maximum Gasteiger partial charge on any atom is 0.136 e. The molecule has 1 unspecified atom stereocenters. The summed E-state index contributed by atoms with van der Waals surface area (Å²) in [4.78, 5) is 4.79. The van der Waals surface area contributed by atoms with Gasteiger partial charge in [0.25, 0.3) is 0 Å². The quantitative estimate of drug-likeness (QED) is 0.842. The summed E-state index contributed by atoms with van der Waals surface area (Å²) in [5, 5.41) is 9.01. The third-order valence-electron chi connectivity index (χ3n) is 4.04. The summed E-state index contributed by atoms with van der Waals surface area (Å²) in [6, 6.07) is 8.59. The standard InChI is InChI=1S/C16H23N3O/c1-18-8-4-5-15(12-18)19(2)11-13-6-7-14(10-17)16(9-13)20-3/h6-7,9,15H,4-5,8,11-12H2,1-3H3. The summed E-state index contributed by atoms with van der Waals surface area (Å²) in [6.07, 6.45) is 2.52. The van der Waals surface area contributed by atoms with E-state index in [1.54, 1.807) is 7.11 Å². The van der Waals surface area contributed by atoms with Gasteiger partial charge in [0.05, 0.1) is 12.7 Å². The molecule has 1 aliphatic heterocycles. The molecule has 20 heavy (non-hydrogen) atoms. The lowest BCUT2D eigenvalue weighted by Crippen LogP contribution is -2.44. The van der Waals surface area contributed by atoms with Crippen molar-refractivity contribution in [1.29, 1.82) is 5.26 Å². The first kappa shape index (κ1) is 14.8. The largest absolute Gasteiger partial charge is 0.495 e. The Morgan fingerprint density at radius 1 is 1.50 bits per heavy atom. The number of benzene rings is 1. The molecule has 0 N–H and O–H groups in total. The Hall–Kier alpha value is -1.57. The van der Waals surface area contributed by atoms with E-state index in [0.717, 1.165) is 13.1 Å². The Labute approximate surface area is 121 Å². The molecule has 1 fully saturated rings. The summed E-state index contributed by atoms with van der Waals surface area (Å²) in [5.41, 5.74) is 1.79. The van der Waals surface area contributed by atoms with Crippen LogP contribution in [0.3, 0.4) is 0 Å². The molecule has 1 aromatic carbocycles. The van der Waals surface area contributed by atoms with E-state index in [-0.39, 0.29) is 0 Å². The first-order chi connectivity index (χ1) is 9.63. The molecule has 0 saturated carbocycles. The summed E-state index contributed by atoms with van der Waals surface area (Å²) < 4.78 is 5.27. The molecule has 2 rings (SSSR count). The van der Waals surface area contributed by atoms with Gasteiger partial charge in [-0.25, -0.2) is 0 Å². The van der Waals surface area contributed by atoms with Crippen LogP contribution in [0.25, 0.3) is 0 Å². The van der Waals surface area contributed by atoms with E-state index in [1.807, 2.05) is 18.2 Å². The van der Waals surface area contributed by atoms with Crippen LogP contribution in [-0.4, -0.2) is 50.1 Å². The number of likely N-dealkylation sites (N-methyl/N-ethyl adjacent to an activating group) is 2. The van der Waals surface area contributed by atoms with Crippen molar-refractivity contribution in [2.75, 3.05) is 34.3 Å². The first-order valence-corrected chi connectivity index (χ1v) is 7.10. The lowest BCUT2D eigenvalue weighted by molar-refractivity contribution is 0.129. The van der Waals surface area contributed by atoms with Gasteiger partial charge in [-0.3, -0.25) is 4.90 Å². The van der Waals surface area contributed by atoms with Gasteiger partial charge in [-0.05, 0) is 51.2 Å². The van der Waals surface area contributed by atoms with E-state index in [2.05, 4.69) is 30.0 Å². The van der Waals surface area contributed by atoms with Crippen molar-refractivity contribution < 1.29 is 4.74 Å². The molecule has 4 heteroatoms. The van der Waals surface area contributed by atoms with E-state index in [9.17, 15) is 0 Å². The van der Waals surface area contributed by atoms with Crippen molar-refractivity contribution >= 4 is 0 Å². The second-order valence-corrected chi connectivity index (χ2v) is 5.62. The zero-order chi connectivity index (χ0) is 14.5. The zero-order valence-electron chi connectivity index (χ0n) is 12.6. The van der Waals surface area contributed by atoms with Gasteiger partial charge in [0.1, 0.15) is 11.8 Å². The van der Waals surface area contributed by atoms with Crippen LogP contribution in [-0.2, 0) is 6.54 Å². The molecule has 0 amide bonds. The summed E-state index contributed by atoms with van der Waals surface area (Å²) in [7, 11) is 5.97. The van der Waals surface area contributed by atoms with Crippen molar-refractivity contribution in [3.63, 3.8) is 0 Å². The Morgan fingerprint density at radius 3 is 2.95 bits per heavy atom. The molecule has 0 spiro atoms. The minimum absolute atomic E-state index is 0.594. The fraction of sp³-hybridized carbons (Fsp3) is 0.562. The highest BCUT2D eigenvalue weighted by atomic mass is 16.5. The van der Waals surface area contributed by atoms with Gasteiger partial charge in [0.15, 0.2) is 0 Å². The van der Waals surface area contributed by atoms with E-state index < -0.39 is 0 Å². The van der Waals surface area contributed by atoms with Crippen molar-refractivity contribution in [1.82, 2.24) is 9.80 Å². The molecule has 1 heterocycles. The lowest BCUT2D eigenvalue weighted by atomic mass is 10.0. The van der Waals surface area contributed by atoms with Gasteiger partial charge in [0, 0.05) is 19.1 Å². The van der Waals surface area contributed by atoms with Gasteiger partial charge in [-0.15, -0.1) is 0 Å². The zero-order valence-corrected chi connectivity index (χ0v) is 12.6. The molecule has 0 bridgehead atoms. The smallest absolute Gasteiger partial charge is 0.136 e. The Balaban J connectivity index is 2.04. The maximum absolute atomic E-state index is 9.01. The summed E-state index contributed by atoms with van der Waals surface area (Å²) in [5.74, 6) is 0.666. The highest BCUT2D eigenvalue weighted by Gasteiger charge is 2.21. The van der Waals surface area contributed by atoms with Crippen molar-refractivity contribution in [3.05, 3.63) is 29.3 Å². The molecule has 0 radical (unpaired) electrons. The molecule has 0 aliphatic carbocycles. The highest BCUT2D eigenvalue weighted by molar-refractivity contribution is 5.45. The second-order valence-electron chi connectivity index (χ2n) is 5.62. The number of likely N-dealkylation sites (tertiary alicyclic amines) is 1. The maximum atomic E-state index is 9.01. The van der Waals surface area contributed by atoms with Gasteiger partial charge in [-0.2, -0.15) is 5.26 Å². The number of nitriles is 1.